The zero-order chi connectivity index (χ0) is 31.1. The Labute approximate surface area is 226 Å². The van der Waals surface area contributed by atoms with Crippen LogP contribution in [0.3, 0.4) is 0 Å². The Bertz CT molecular complexity index is 1330. The number of para-hydroxylation sites is 1. The van der Waals surface area contributed by atoms with Crippen molar-refractivity contribution in [3.8, 4) is 0 Å². The third-order valence-corrected chi connectivity index (χ3v) is 7.88. The molecule has 0 fully saturated rings. The number of nitrogens with one attached hydrogen (secondary N) is 1. The minimum absolute atomic E-state index is 0.0241. The summed E-state index contributed by atoms with van der Waals surface area (Å²) in [5.74, 6) is 0. The van der Waals surface area contributed by atoms with E-state index in [1.165, 1.54) is 11.4 Å². The van der Waals surface area contributed by atoms with Crippen molar-refractivity contribution in [2.75, 3.05) is 5.32 Å². The molecule has 41 heavy (non-hydrogen) atoms. The molecule has 0 aliphatic heterocycles. The summed E-state index contributed by atoms with van der Waals surface area (Å²) in [5, 5.41) is 7.81. The van der Waals surface area contributed by atoms with E-state index < -0.39 is 73.6 Å². The van der Waals surface area contributed by atoms with Crippen LogP contribution in [-0.2, 0) is 16.4 Å². The molecule has 3 aromatic carbocycles. The smallest absolute Gasteiger partial charge is 0.369 e. The number of hydrogen-bond acceptors (Lipinski definition) is 3. The quantitative estimate of drug-likeness (QED) is 0.264. The van der Waals surface area contributed by atoms with Gasteiger partial charge in [-0.2, -0.15) is 52.7 Å². The lowest BCUT2D eigenvalue weighted by Gasteiger charge is -2.44. The molecule has 0 saturated carbocycles. The van der Waals surface area contributed by atoms with Crippen LogP contribution in [0.4, 0.5) is 58.4 Å². The molecule has 0 heterocycles. The fourth-order valence-corrected chi connectivity index (χ4v) is 6.06. The normalized spacial score (nSPS) is 15.3. The van der Waals surface area contributed by atoms with Gasteiger partial charge in [-0.15, -0.1) is 0 Å². The highest BCUT2D eigenvalue weighted by Crippen LogP contribution is 2.57. The van der Waals surface area contributed by atoms with Crippen molar-refractivity contribution in [1.82, 2.24) is 0 Å². The average Bonchev–Trinajstić information content (AvgIpc) is 2.86. The molecule has 0 saturated heterocycles. The van der Waals surface area contributed by atoms with Gasteiger partial charge in [-0.1, -0.05) is 66.7 Å². The highest BCUT2D eigenvalue weighted by molar-refractivity contribution is 7.85. The van der Waals surface area contributed by atoms with Gasteiger partial charge in [0, 0.05) is 16.1 Å². The van der Waals surface area contributed by atoms with Crippen LogP contribution in [0, 0.1) is 0 Å². The van der Waals surface area contributed by atoms with E-state index in [1.807, 2.05) is 0 Å². The summed E-state index contributed by atoms with van der Waals surface area (Å²) < 4.78 is 185. The van der Waals surface area contributed by atoms with Crippen LogP contribution in [0.1, 0.15) is 16.4 Å². The molecule has 0 bridgehead atoms. The first kappa shape index (κ1) is 32.2. The minimum Gasteiger partial charge on any atom is -0.369 e. The van der Waals surface area contributed by atoms with E-state index in [0.29, 0.717) is 24.3 Å². The largest absolute Gasteiger partial charge is 0.430 e. The third-order valence-electron chi connectivity index (χ3n) is 6.03. The molecule has 224 valence electrons. The maximum atomic E-state index is 14.8. The van der Waals surface area contributed by atoms with E-state index in [-0.39, 0.29) is 12.1 Å². The van der Waals surface area contributed by atoms with Crippen LogP contribution in [0.25, 0.3) is 0 Å². The summed E-state index contributed by atoms with van der Waals surface area (Å²) in [5.41, 5.74) is -15.1. The second-order valence-corrected chi connectivity index (χ2v) is 10.1. The first-order chi connectivity index (χ1) is 18.7. The minimum atomic E-state index is -6.58. The highest BCUT2D eigenvalue weighted by atomic mass is 32.2. The Kier molecular flexibility index (Phi) is 8.54. The Balaban J connectivity index is 2.47. The van der Waals surface area contributed by atoms with Gasteiger partial charge in [-0.3, -0.25) is 4.21 Å². The van der Waals surface area contributed by atoms with Crippen LogP contribution >= 0.6 is 0 Å². The Hall–Kier alpha value is -3.27. The van der Waals surface area contributed by atoms with Crippen molar-refractivity contribution in [2.24, 2.45) is 0 Å². The molecule has 0 amide bonds. The monoisotopic (exact) mass is 623 g/mol. The van der Waals surface area contributed by atoms with Crippen molar-refractivity contribution >= 4 is 16.5 Å². The summed E-state index contributed by atoms with van der Waals surface area (Å²) in [6.07, 6.45) is -26.0. The van der Waals surface area contributed by atoms with E-state index in [1.54, 1.807) is 0 Å². The third kappa shape index (κ3) is 5.63. The fraction of sp³-hybridized carbons (Fsp3) is 0.280. The van der Waals surface area contributed by atoms with Gasteiger partial charge < -0.3 is 10.4 Å². The number of anilines is 1. The lowest BCUT2D eigenvalue weighted by Crippen LogP contribution is -2.66. The molecule has 0 spiro atoms. The van der Waals surface area contributed by atoms with E-state index in [0.717, 1.165) is 42.5 Å². The molecule has 3 nitrogen and oxygen atoms in total. The summed E-state index contributed by atoms with van der Waals surface area (Å²) >= 11 is 0. The first-order valence-electron chi connectivity index (χ1n) is 11.1. The van der Waals surface area contributed by atoms with Gasteiger partial charge in [0.2, 0.25) is 5.54 Å². The van der Waals surface area contributed by atoms with Crippen molar-refractivity contribution in [2.45, 2.75) is 46.0 Å². The summed E-state index contributed by atoms with van der Waals surface area (Å²) in [7, 11) is -4.00. The van der Waals surface area contributed by atoms with Crippen LogP contribution in [0.2, 0.25) is 0 Å². The van der Waals surface area contributed by atoms with Gasteiger partial charge in [-0.05, 0) is 23.8 Å². The predicted molar refractivity (Wildman–Crippen MR) is 123 cm³/mol. The van der Waals surface area contributed by atoms with Gasteiger partial charge in [0.25, 0.3) is 5.60 Å². The standard InChI is InChI=1S/C25H17F12NO2S/c26-22(27,28)20(23(29,30)31,38-16-11-5-2-6-12-16)19(15-9-3-1-4-10-15)41(40)18-14-8-7-13-17(18)21(39,24(32,33)34)25(35,36)37/h1-14,19,38-39H. The fourth-order valence-electron chi connectivity index (χ4n) is 4.11. The zero-order valence-corrected chi connectivity index (χ0v) is 20.8. The molecule has 0 aromatic heterocycles. The van der Waals surface area contributed by atoms with Gasteiger partial charge in [-0.25, -0.2) is 0 Å². The van der Waals surface area contributed by atoms with E-state index in [9.17, 15) is 62.0 Å². The van der Waals surface area contributed by atoms with E-state index in [2.05, 4.69) is 0 Å². The maximum Gasteiger partial charge on any atom is 0.430 e. The lowest BCUT2D eigenvalue weighted by atomic mass is 9.87. The summed E-state index contributed by atoms with van der Waals surface area (Å²) in [4.78, 5) is -1.76. The van der Waals surface area contributed by atoms with Gasteiger partial charge in [0.1, 0.15) is 5.25 Å². The molecule has 3 aromatic rings. The van der Waals surface area contributed by atoms with Crippen LogP contribution in [-0.4, -0.2) is 39.6 Å². The van der Waals surface area contributed by atoms with Crippen molar-refractivity contribution < 1.29 is 62.0 Å². The van der Waals surface area contributed by atoms with Gasteiger partial charge >= 0.3 is 24.7 Å². The van der Waals surface area contributed by atoms with E-state index >= 15 is 0 Å². The van der Waals surface area contributed by atoms with Crippen molar-refractivity contribution in [3.63, 3.8) is 0 Å². The molecule has 2 unspecified atom stereocenters. The zero-order valence-electron chi connectivity index (χ0n) is 20.0. The lowest BCUT2D eigenvalue weighted by molar-refractivity contribution is -0.377. The predicted octanol–water partition coefficient (Wildman–Crippen LogP) is 7.82. The van der Waals surface area contributed by atoms with Crippen LogP contribution in [0.5, 0.6) is 0 Å². The number of aliphatic hydroxyl groups is 1. The topological polar surface area (TPSA) is 49.3 Å². The molecular formula is C25H17F12NO2S. The van der Waals surface area contributed by atoms with Crippen LogP contribution < -0.4 is 5.32 Å². The molecule has 16 heteroatoms. The summed E-state index contributed by atoms with van der Waals surface area (Å²) in [6.45, 7) is 0. The van der Waals surface area contributed by atoms with E-state index in [4.69, 9.17) is 0 Å². The Morgan fingerprint density at radius 3 is 1.44 bits per heavy atom. The first-order valence-corrected chi connectivity index (χ1v) is 12.3. The Morgan fingerprint density at radius 1 is 0.585 bits per heavy atom. The number of halogens is 12. The Morgan fingerprint density at radius 2 is 1.00 bits per heavy atom. The number of rotatable bonds is 7. The molecule has 3 rings (SSSR count). The van der Waals surface area contributed by atoms with Gasteiger partial charge in [0.15, 0.2) is 0 Å². The second kappa shape index (κ2) is 10.9. The molecule has 0 aliphatic carbocycles. The SMILES string of the molecule is O=S(c1ccccc1C(O)(C(F)(F)F)C(F)(F)F)C(c1ccccc1)C(Nc1ccccc1)(C(F)(F)F)C(F)(F)F. The molecular weight excluding hydrogens is 606 g/mol. The maximum absolute atomic E-state index is 14.8. The molecule has 0 aliphatic rings. The summed E-state index contributed by atoms with van der Waals surface area (Å²) in [6, 6.07) is 10.6. The van der Waals surface area contributed by atoms with Gasteiger partial charge in [0.05, 0.1) is 10.8 Å². The highest BCUT2D eigenvalue weighted by Gasteiger charge is 2.77. The number of hydrogen-bond donors (Lipinski definition) is 2. The second-order valence-electron chi connectivity index (χ2n) is 8.58. The van der Waals surface area contributed by atoms with Crippen LogP contribution in [0.15, 0.2) is 89.8 Å². The van der Waals surface area contributed by atoms with Crippen molar-refractivity contribution in [1.29, 1.82) is 0 Å². The number of alkyl halides is 12. The average molecular weight is 623 g/mol. The number of benzene rings is 3. The molecule has 0 radical (unpaired) electrons. The molecule has 2 atom stereocenters. The van der Waals surface area contributed by atoms with Crippen molar-refractivity contribution in [3.05, 3.63) is 96.1 Å². The molecule has 2 N–H and O–H groups in total.